The van der Waals surface area contributed by atoms with Crippen molar-refractivity contribution in [2.45, 2.75) is 85.1 Å². The van der Waals surface area contributed by atoms with Gasteiger partial charge in [0.15, 0.2) is 0 Å². The van der Waals surface area contributed by atoms with E-state index in [-0.39, 0.29) is 34.3 Å². The van der Waals surface area contributed by atoms with Crippen LogP contribution in [-0.2, 0) is 29.9 Å². The summed E-state index contributed by atoms with van der Waals surface area (Å²) >= 11 is 0. The van der Waals surface area contributed by atoms with E-state index in [0.717, 1.165) is 47.9 Å². The van der Waals surface area contributed by atoms with Crippen molar-refractivity contribution >= 4 is 29.9 Å². The molecule has 4 N–H and O–H groups in total. The molecule has 16 nitrogen and oxygen atoms in total. The second-order valence-corrected chi connectivity index (χ2v) is 16.0. The number of sulfonamides is 2. The van der Waals surface area contributed by atoms with Crippen molar-refractivity contribution < 1.29 is 43.7 Å². The predicted molar refractivity (Wildman–Crippen MR) is 166 cm³/mol. The largest absolute Gasteiger partial charge is 0.448 e. The molecule has 0 saturated heterocycles. The summed E-state index contributed by atoms with van der Waals surface area (Å²) in [6, 6.07) is 10.1. The van der Waals surface area contributed by atoms with Gasteiger partial charge < -0.3 is 0 Å². The molecule has 0 aliphatic rings. The van der Waals surface area contributed by atoms with Crippen molar-refractivity contribution in [1.29, 1.82) is 0 Å². The average Bonchev–Trinajstić information content (AvgIpc) is 3.64. The van der Waals surface area contributed by atoms with Crippen molar-refractivity contribution in [1.82, 2.24) is 20.0 Å². The Bertz CT molecular complexity index is 1950. The predicted octanol–water partition coefficient (Wildman–Crippen LogP) is 1.35. The van der Waals surface area contributed by atoms with Crippen LogP contribution in [0.5, 0.6) is 0 Å². The molecule has 2 heterocycles. The highest BCUT2D eigenvalue weighted by Gasteiger charge is 2.37. The molecule has 2 aromatic heterocycles. The maximum atomic E-state index is 13.4. The molecule has 0 amide bonds. The lowest BCUT2D eigenvalue weighted by Gasteiger charge is -2.05. The van der Waals surface area contributed by atoms with Crippen LogP contribution in [0.4, 0.5) is 0 Å². The molecule has 0 fully saturated rings. The maximum Gasteiger partial charge on any atom is 0.448 e. The Hall–Kier alpha value is -3.91. The van der Waals surface area contributed by atoms with E-state index < -0.39 is 51.2 Å². The fourth-order valence-corrected chi connectivity index (χ4v) is 8.31. The molecule has 0 bridgehead atoms. The number of nitrogens with zero attached hydrogens (tertiary/aromatic N) is 2. The molecule has 0 atom stereocenters. The van der Waals surface area contributed by atoms with Gasteiger partial charge in [0.2, 0.25) is 21.2 Å². The van der Waals surface area contributed by atoms with Gasteiger partial charge in [0.05, 0.1) is 9.79 Å². The van der Waals surface area contributed by atoms with Gasteiger partial charge in [-0.2, -0.15) is 0 Å². The summed E-state index contributed by atoms with van der Waals surface area (Å²) in [4.78, 5) is 24.3. The van der Waals surface area contributed by atoms with Crippen LogP contribution >= 0.6 is 0 Å². The number of sulfone groups is 1. The summed E-state index contributed by atoms with van der Waals surface area (Å²) in [5, 5.41) is 3.08. The van der Waals surface area contributed by atoms with E-state index in [0.29, 0.717) is 12.8 Å². The smallest absolute Gasteiger partial charge is 0.281 e. The van der Waals surface area contributed by atoms with E-state index in [1.807, 2.05) is 13.8 Å². The quantitative estimate of drug-likeness (QED) is 0.0855. The van der Waals surface area contributed by atoms with Crippen LogP contribution in [0.15, 0.2) is 87.0 Å². The molecule has 4 aromatic rings. The third-order valence-corrected chi connectivity index (χ3v) is 11.8. The Kier molecular flexibility index (Phi) is 11.7. The van der Waals surface area contributed by atoms with Crippen molar-refractivity contribution in [3.8, 4) is 11.4 Å². The lowest BCUT2D eigenvalue weighted by molar-refractivity contribution is -0.705. The Morgan fingerprint density at radius 1 is 0.574 bits per heavy atom. The van der Waals surface area contributed by atoms with Gasteiger partial charge in [-0.1, -0.05) is 52.4 Å². The minimum absolute atomic E-state index is 0.115. The fraction of sp³-hybridized carbons (Fsp3) is 0.429. The Morgan fingerprint density at radius 2 is 0.936 bits per heavy atom. The van der Waals surface area contributed by atoms with E-state index in [4.69, 9.17) is 9.05 Å². The minimum Gasteiger partial charge on any atom is -0.281 e. The molecule has 0 aliphatic carbocycles. The lowest BCUT2D eigenvalue weighted by atomic mass is 10.2. The normalized spacial score (nSPS) is 12.5. The first-order valence-corrected chi connectivity index (χ1v) is 19.5. The molecule has 47 heavy (non-hydrogen) atoms. The van der Waals surface area contributed by atoms with Gasteiger partial charge in [0.1, 0.15) is 0 Å². The molecule has 2 aromatic carbocycles. The van der Waals surface area contributed by atoms with Crippen molar-refractivity contribution in [2.24, 2.45) is 0 Å². The van der Waals surface area contributed by atoms with E-state index in [9.17, 15) is 34.8 Å². The first-order chi connectivity index (χ1) is 22.3. The molecule has 0 spiro atoms. The highest BCUT2D eigenvalue weighted by atomic mass is 32.2. The number of nitrogens with one attached hydrogen (secondary N) is 4. The summed E-state index contributed by atoms with van der Waals surface area (Å²) in [5.41, 5.74) is -2.02. The third-order valence-electron chi connectivity index (χ3n) is 7.18. The van der Waals surface area contributed by atoms with Gasteiger partial charge in [0, 0.05) is 37.4 Å². The second-order valence-electron chi connectivity index (χ2n) is 10.7. The summed E-state index contributed by atoms with van der Waals surface area (Å²) in [6.45, 7) is 4.31. The summed E-state index contributed by atoms with van der Waals surface area (Å²) < 4.78 is 94.3. The highest BCUT2D eigenvalue weighted by Crippen LogP contribution is 2.22. The Balaban J connectivity index is 1.54. The number of rotatable bonds is 18. The van der Waals surface area contributed by atoms with Gasteiger partial charge in [-0.25, -0.2) is 44.3 Å². The number of hydrogen-bond donors (Lipinski definition) is 4. The first-order valence-electron chi connectivity index (χ1n) is 15.1. The lowest BCUT2D eigenvalue weighted by Crippen LogP contribution is -2.44. The SMILES string of the molecule is CCCCCCNS(=O)(=O)c1c(=O)o[nH][n+]1-c1ccc(S(=O)(=O)c2ccc(-[n+]3[nH]oc(=O)c3S(=O)(=O)NCCCCCC)cc2)cc1. The van der Waals surface area contributed by atoms with E-state index in [1.165, 1.54) is 48.5 Å². The number of hydrogen-bond acceptors (Lipinski definition) is 10. The molecular formula is C28H38N6O10S3+2. The number of unbranched alkanes of at least 4 members (excludes halogenated alkanes) is 6. The summed E-state index contributed by atoms with van der Waals surface area (Å²) in [6.07, 6.45) is 6.66. The molecule has 0 aliphatic heterocycles. The Labute approximate surface area is 271 Å². The molecule has 19 heteroatoms. The standard InChI is InChI=1S/C28H36N6O10S3/c1-3-5-7-9-19-29-46(39,40)25-27(35)43-31-33(25)21-11-15-23(16-12-21)45(37,38)24-17-13-22(14-18-24)34-26(28(36)44-32-34)47(41,42)30-20-10-8-6-4-2/h11-18,29-30H,3-10,19-20H2,1-2H3/p+2. The first kappa shape index (κ1) is 35.9. The number of H-pyrrole nitrogens is 2. The zero-order valence-electron chi connectivity index (χ0n) is 25.9. The summed E-state index contributed by atoms with van der Waals surface area (Å²) in [7, 11) is -12.6. The van der Waals surface area contributed by atoms with Crippen LogP contribution in [0.2, 0.25) is 0 Å². The number of aromatic amines is 2. The molecule has 0 unspecified atom stereocenters. The van der Waals surface area contributed by atoms with Crippen molar-refractivity contribution in [3.63, 3.8) is 0 Å². The van der Waals surface area contributed by atoms with Crippen LogP contribution < -0.4 is 30.1 Å². The van der Waals surface area contributed by atoms with Gasteiger partial charge in [-0.3, -0.25) is 9.05 Å². The maximum absolute atomic E-state index is 13.4. The number of aromatic nitrogens is 4. The number of benzene rings is 2. The molecule has 256 valence electrons. The topological polar surface area (TPSA) is 226 Å². The second kappa shape index (κ2) is 15.3. The van der Waals surface area contributed by atoms with Gasteiger partial charge >= 0.3 is 41.3 Å². The monoisotopic (exact) mass is 714 g/mol. The van der Waals surface area contributed by atoms with E-state index >= 15 is 0 Å². The molecular weight excluding hydrogens is 677 g/mol. The molecule has 0 saturated carbocycles. The summed E-state index contributed by atoms with van der Waals surface area (Å²) in [5.74, 6) is 0. The molecule has 0 radical (unpaired) electrons. The zero-order chi connectivity index (χ0) is 34.2. The highest BCUT2D eigenvalue weighted by molar-refractivity contribution is 7.91. The van der Waals surface area contributed by atoms with Gasteiger partial charge in [-0.05, 0) is 57.0 Å². The third kappa shape index (κ3) is 8.33. The average molecular weight is 715 g/mol. The zero-order valence-corrected chi connectivity index (χ0v) is 28.3. The van der Waals surface area contributed by atoms with Crippen molar-refractivity contribution in [3.05, 3.63) is 69.4 Å². The van der Waals surface area contributed by atoms with Gasteiger partial charge in [-0.15, -0.1) is 0 Å². The minimum atomic E-state index is -4.26. The van der Waals surface area contributed by atoms with Gasteiger partial charge in [0.25, 0.3) is 0 Å². The Morgan fingerprint density at radius 3 is 1.28 bits per heavy atom. The van der Waals surface area contributed by atoms with E-state index in [1.54, 1.807) is 0 Å². The van der Waals surface area contributed by atoms with E-state index in [2.05, 4.69) is 20.0 Å². The van der Waals surface area contributed by atoms with Crippen LogP contribution in [0.25, 0.3) is 11.4 Å². The van der Waals surface area contributed by atoms with Crippen LogP contribution in [-0.4, -0.2) is 48.9 Å². The molecule has 4 rings (SSSR count). The van der Waals surface area contributed by atoms with Crippen LogP contribution in [0, 0.1) is 0 Å². The van der Waals surface area contributed by atoms with Crippen LogP contribution in [0.3, 0.4) is 0 Å². The van der Waals surface area contributed by atoms with Crippen LogP contribution in [0.1, 0.15) is 65.2 Å². The van der Waals surface area contributed by atoms with Crippen molar-refractivity contribution in [2.75, 3.05) is 13.1 Å². The fourth-order valence-electron chi connectivity index (χ4n) is 4.66.